The lowest BCUT2D eigenvalue weighted by Gasteiger charge is -2.15. The summed E-state index contributed by atoms with van der Waals surface area (Å²) in [5.41, 5.74) is 7.23. The van der Waals surface area contributed by atoms with E-state index in [-0.39, 0.29) is 29.5 Å². The van der Waals surface area contributed by atoms with Crippen molar-refractivity contribution in [2.75, 3.05) is 10.6 Å². The van der Waals surface area contributed by atoms with Gasteiger partial charge in [0.2, 0.25) is 11.9 Å². The van der Waals surface area contributed by atoms with Gasteiger partial charge in [-0.1, -0.05) is 24.3 Å². The fourth-order valence-electron chi connectivity index (χ4n) is 3.10. The van der Waals surface area contributed by atoms with E-state index >= 15 is 0 Å². The fourth-order valence-corrected chi connectivity index (χ4v) is 3.10. The smallest absolute Gasteiger partial charge is 0.273 e. The van der Waals surface area contributed by atoms with Gasteiger partial charge in [0, 0.05) is 17.8 Å². The molecule has 1 aliphatic carbocycles. The van der Waals surface area contributed by atoms with Gasteiger partial charge in [0.25, 0.3) is 5.91 Å². The maximum atomic E-state index is 11.7. The standard InChI is InChI=1S/C19H23N7O2/c1-3-15(27)21-13-8-9-14(10-13)23-19-24-18(16(17(20)28)25-26-19)22-12-6-4-11(2)5-7-12/h3-7,13-14H,1,8-10H2,2H3,(H2,20,28)(H,21,27)(H2,22,23,24,26)/t13?,14-/m1/s1. The van der Waals surface area contributed by atoms with Crippen molar-refractivity contribution in [3.05, 3.63) is 48.2 Å². The number of hydrogen-bond donors (Lipinski definition) is 4. The molecule has 1 heterocycles. The highest BCUT2D eigenvalue weighted by molar-refractivity contribution is 5.96. The van der Waals surface area contributed by atoms with Crippen LogP contribution in [0.2, 0.25) is 0 Å². The predicted octanol–water partition coefficient (Wildman–Crippen LogP) is 1.66. The molecule has 0 spiro atoms. The van der Waals surface area contributed by atoms with E-state index in [1.165, 1.54) is 6.08 Å². The molecule has 1 aliphatic rings. The van der Waals surface area contributed by atoms with Crippen molar-refractivity contribution in [1.29, 1.82) is 0 Å². The summed E-state index contributed by atoms with van der Waals surface area (Å²) in [6.07, 6.45) is 3.70. The first-order valence-corrected chi connectivity index (χ1v) is 9.02. The maximum Gasteiger partial charge on any atom is 0.273 e. The Morgan fingerprint density at radius 1 is 1.18 bits per heavy atom. The summed E-state index contributed by atoms with van der Waals surface area (Å²) >= 11 is 0. The summed E-state index contributed by atoms with van der Waals surface area (Å²) in [7, 11) is 0. The van der Waals surface area contributed by atoms with Gasteiger partial charge in [-0.2, -0.15) is 4.98 Å². The van der Waals surface area contributed by atoms with Gasteiger partial charge in [-0.3, -0.25) is 9.59 Å². The number of aromatic nitrogens is 3. The molecule has 1 unspecified atom stereocenters. The zero-order chi connectivity index (χ0) is 20.1. The Hall–Kier alpha value is -3.49. The van der Waals surface area contributed by atoms with Crippen molar-refractivity contribution in [1.82, 2.24) is 20.5 Å². The molecule has 0 bridgehead atoms. The summed E-state index contributed by atoms with van der Waals surface area (Å²) in [5.74, 6) is -0.364. The second-order valence-corrected chi connectivity index (χ2v) is 6.75. The van der Waals surface area contributed by atoms with E-state index in [1.807, 2.05) is 31.2 Å². The van der Waals surface area contributed by atoms with Gasteiger partial charge >= 0.3 is 0 Å². The number of carbonyl (C=O) groups is 2. The number of hydrogen-bond acceptors (Lipinski definition) is 7. The molecule has 0 aliphatic heterocycles. The maximum absolute atomic E-state index is 11.7. The van der Waals surface area contributed by atoms with E-state index in [0.717, 1.165) is 30.5 Å². The van der Waals surface area contributed by atoms with Crippen LogP contribution in [-0.2, 0) is 4.79 Å². The molecule has 28 heavy (non-hydrogen) atoms. The third-order valence-corrected chi connectivity index (χ3v) is 4.53. The second-order valence-electron chi connectivity index (χ2n) is 6.75. The molecule has 9 nitrogen and oxygen atoms in total. The molecule has 1 aromatic heterocycles. The Kier molecular flexibility index (Phi) is 5.83. The number of nitrogens with zero attached hydrogens (tertiary/aromatic N) is 3. The number of anilines is 3. The van der Waals surface area contributed by atoms with Crippen molar-refractivity contribution in [2.45, 2.75) is 38.3 Å². The third kappa shape index (κ3) is 4.81. The molecule has 2 atom stereocenters. The number of nitrogens with two attached hydrogens (primary N) is 1. The second kappa shape index (κ2) is 8.47. The normalized spacial score (nSPS) is 18.3. The van der Waals surface area contributed by atoms with Gasteiger partial charge in [0.15, 0.2) is 11.5 Å². The van der Waals surface area contributed by atoms with Gasteiger partial charge in [0.05, 0.1) is 0 Å². The summed E-state index contributed by atoms with van der Waals surface area (Å²) in [5, 5.41) is 17.1. The summed E-state index contributed by atoms with van der Waals surface area (Å²) < 4.78 is 0. The minimum absolute atomic E-state index is 0.0336. The molecule has 0 saturated heterocycles. The van der Waals surface area contributed by atoms with Crippen LogP contribution in [-0.4, -0.2) is 39.1 Å². The van der Waals surface area contributed by atoms with E-state index in [2.05, 4.69) is 37.7 Å². The Balaban J connectivity index is 1.72. The van der Waals surface area contributed by atoms with Gasteiger partial charge in [-0.15, -0.1) is 10.2 Å². The molecule has 146 valence electrons. The first kappa shape index (κ1) is 19.3. The van der Waals surface area contributed by atoms with Crippen LogP contribution in [0.15, 0.2) is 36.9 Å². The average molecular weight is 381 g/mol. The van der Waals surface area contributed by atoms with Crippen molar-refractivity contribution in [3.8, 4) is 0 Å². The van der Waals surface area contributed by atoms with Crippen molar-refractivity contribution in [2.24, 2.45) is 5.73 Å². The SMILES string of the molecule is C=CC(=O)NC1CC[C@@H](Nc2nnc(C(N)=O)c(Nc3ccc(C)cc3)n2)C1. The quantitative estimate of drug-likeness (QED) is 0.536. The molecular weight excluding hydrogens is 358 g/mol. The molecule has 1 fully saturated rings. The highest BCUT2D eigenvalue weighted by Gasteiger charge is 2.26. The Labute approximate surface area is 162 Å². The van der Waals surface area contributed by atoms with Crippen LogP contribution < -0.4 is 21.7 Å². The summed E-state index contributed by atoms with van der Waals surface area (Å²) in [4.78, 5) is 27.5. The van der Waals surface area contributed by atoms with Crippen LogP contribution in [0.1, 0.15) is 35.3 Å². The third-order valence-electron chi connectivity index (χ3n) is 4.53. The highest BCUT2D eigenvalue weighted by Crippen LogP contribution is 2.23. The van der Waals surface area contributed by atoms with E-state index in [4.69, 9.17) is 5.73 Å². The van der Waals surface area contributed by atoms with Crippen LogP contribution >= 0.6 is 0 Å². The zero-order valence-electron chi connectivity index (χ0n) is 15.6. The lowest BCUT2D eigenvalue weighted by atomic mass is 10.2. The van der Waals surface area contributed by atoms with Gasteiger partial charge in [-0.25, -0.2) is 0 Å². The zero-order valence-corrected chi connectivity index (χ0v) is 15.6. The van der Waals surface area contributed by atoms with Gasteiger partial charge in [0.1, 0.15) is 0 Å². The van der Waals surface area contributed by atoms with E-state index in [0.29, 0.717) is 5.95 Å². The molecule has 9 heteroatoms. The Morgan fingerprint density at radius 3 is 2.57 bits per heavy atom. The predicted molar refractivity (Wildman–Crippen MR) is 106 cm³/mol. The van der Waals surface area contributed by atoms with Crippen LogP contribution in [0.3, 0.4) is 0 Å². The van der Waals surface area contributed by atoms with Crippen LogP contribution in [0.5, 0.6) is 0 Å². The molecule has 5 N–H and O–H groups in total. The number of aryl methyl sites for hydroxylation is 1. The Morgan fingerprint density at radius 2 is 1.89 bits per heavy atom. The van der Waals surface area contributed by atoms with Crippen molar-refractivity contribution < 1.29 is 9.59 Å². The lowest BCUT2D eigenvalue weighted by molar-refractivity contribution is -0.117. The first-order chi connectivity index (χ1) is 13.4. The van der Waals surface area contributed by atoms with Crippen LogP contribution in [0, 0.1) is 6.92 Å². The van der Waals surface area contributed by atoms with E-state index in [1.54, 1.807) is 0 Å². The summed E-state index contributed by atoms with van der Waals surface area (Å²) in [6, 6.07) is 7.79. The molecule has 2 aromatic rings. The largest absolute Gasteiger partial charge is 0.364 e. The minimum atomic E-state index is -0.714. The average Bonchev–Trinajstić information content (AvgIpc) is 3.10. The topological polar surface area (TPSA) is 135 Å². The number of carbonyl (C=O) groups excluding carboxylic acids is 2. The number of primary amides is 1. The van der Waals surface area contributed by atoms with Crippen LogP contribution in [0.25, 0.3) is 0 Å². The Bertz CT molecular complexity index is 882. The molecule has 1 saturated carbocycles. The fraction of sp³-hybridized carbons (Fsp3) is 0.316. The molecular formula is C19H23N7O2. The number of nitrogens with one attached hydrogen (secondary N) is 3. The monoisotopic (exact) mass is 381 g/mol. The van der Waals surface area contributed by atoms with E-state index in [9.17, 15) is 9.59 Å². The molecule has 2 amide bonds. The minimum Gasteiger partial charge on any atom is -0.364 e. The van der Waals surface area contributed by atoms with Gasteiger partial charge < -0.3 is 21.7 Å². The molecule has 1 aromatic carbocycles. The number of amides is 2. The first-order valence-electron chi connectivity index (χ1n) is 9.02. The summed E-state index contributed by atoms with van der Waals surface area (Å²) in [6.45, 7) is 5.45. The molecule has 0 radical (unpaired) electrons. The number of benzene rings is 1. The molecule has 3 rings (SSSR count). The highest BCUT2D eigenvalue weighted by atomic mass is 16.2. The van der Waals surface area contributed by atoms with Crippen molar-refractivity contribution in [3.63, 3.8) is 0 Å². The van der Waals surface area contributed by atoms with Crippen LogP contribution in [0.4, 0.5) is 17.5 Å². The van der Waals surface area contributed by atoms with Crippen molar-refractivity contribution >= 4 is 29.3 Å². The number of rotatable bonds is 7. The lowest BCUT2D eigenvalue weighted by Crippen LogP contribution is -2.32. The van der Waals surface area contributed by atoms with Gasteiger partial charge in [-0.05, 0) is 44.4 Å². The van der Waals surface area contributed by atoms with E-state index < -0.39 is 5.91 Å².